The van der Waals surface area contributed by atoms with Crippen molar-refractivity contribution in [3.05, 3.63) is 94.1 Å². The lowest BCUT2D eigenvalue weighted by molar-refractivity contribution is -0.0498. The van der Waals surface area contributed by atoms with Gasteiger partial charge in [-0.2, -0.15) is 8.78 Å². The van der Waals surface area contributed by atoms with Gasteiger partial charge in [-0.25, -0.2) is 4.99 Å². The Hall–Kier alpha value is -3.45. The number of benzene rings is 3. The SMILES string of the molecule is COc1ccccc1Cn1c(-c2ccc(OC(F)F)cc2)csc1=Nc1ccccc1C. The van der Waals surface area contributed by atoms with Gasteiger partial charge in [-0.1, -0.05) is 36.4 Å². The van der Waals surface area contributed by atoms with Crippen molar-refractivity contribution in [2.24, 2.45) is 4.99 Å². The van der Waals surface area contributed by atoms with Crippen molar-refractivity contribution in [2.75, 3.05) is 7.11 Å². The summed E-state index contributed by atoms with van der Waals surface area (Å²) in [5.41, 5.74) is 4.80. The third kappa shape index (κ3) is 4.89. The number of methoxy groups -OCH3 is 1. The fourth-order valence-corrected chi connectivity index (χ4v) is 4.33. The smallest absolute Gasteiger partial charge is 0.387 e. The quantitative estimate of drug-likeness (QED) is 0.325. The topological polar surface area (TPSA) is 35.8 Å². The van der Waals surface area contributed by atoms with Crippen LogP contribution in [-0.2, 0) is 6.54 Å². The molecule has 0 saturated carbocycles. The molecule has 0 unspecified atom stereocenters. The van der Waals surface area contributed by atoms with Crippen LogP contribution in [0.15, 0.2) is 83.2 Å². The monoisotopic (exact) mass is 452 g/mol. The molecule has 0 aliphatic heterocycles. The highest BCUT2D eigenvalue weighted by Crippen LogP contribution is 2.27. The summed E-state index contributed by atoms with van der Waals surface area (Å²) in [7, 11) is 1.65. The molecule has 32 heavy (non-hydrogen) atoms. The van der Waals surface area contributed by atoms with E-state index < -0.39 is 6.61 Å². The number of para-hydroxylation sites is 2. The summed E-state index contributed by atoms with van der Waals surface area (Å²) in [5, 5.41) is 2.02. The van der Waals surface area contributed by atoms with Crippen molar-refractivity contribution in [2.45, 2.75) is 20.1 Å². The molecular weight excluding hydrogens is 430 g/mol. The first-order valence-electron chi connectivity index (χ1n) is 10.0. The summed E-state index contributed by atoms with van der Waals surface area (Å²) in [4.78, 5) is 5.74. The molecule has 0 spiro atoms. The van der Waals surface area contributed by atoms with E-state index in [1.54, 1.807) is 31.4 Å². The van der Waals surface area contributed by atoms with Gasteiger partial charge in [-0.3, -0.25) is 0 Å². The van der Waals surface area contributed by atoms with Crippen LogP contribution >= 0.6 is 11.3 Å². The number of nitrogens with zero attached hydrogens (tertiary/aromatic N) is 2. The van der Waals surface area contributed by atoms with E-state index in [0.29, 0.717) is 6.54 Å². The zero-order valence-corrected chi connectivity index (χ0v) is 18.5. The van der Waals surface area contributed by atoms with Gasteiger partial charge in [0.05, 0.1) is 25.0 Å². The van der Waals surface area contributed by atoms with Crippen molar-refractivity contribution >= 4 is 17.0 Å². The number of hydrogen-bond acceptors (Lipinski definition) is 4. The minimum atomic E-state index is -2.85. The minimum Gasteiger partial charge on any atom is -0.496 e. The van der Waals surface area contributed by atoms with Crippen molar-refractivity contribution in [3.63, 3.8) is 0 Å². The second-order valence-electron chi connectivity index (χ2n) is 7.10. The van der Waals surface area contributed by atoms with E-state index in [4.69, 9.17) is 9.73 Å². The molecule has 4 rings (SSSR count). The summed E-state index contributed by atoms with van der Waals surface area (Å²) in [6, 6.07) is 22.5. The van der Waals surface area contributed by atoms with Crippen LogP contribution in [0.2, 0.25) is 0 Å². The Kier molecular flexibility index (Phi) is 6.66. The molecule has 4 nitrogen and oxygen atoms in total. The van der Waals surface area contributed by atoms with Gasteiger partial charge in [-0.15, -0.1) is 11.3 Å². The van der Waals surface area contributed by atoms with Crippen LogP contribution < -0.4 is 14.3 Å². The minimum absolute atomic E-state index is 0.125. The molecule has 0 amide bonds. The van der Waals surface area contributed by atoms with Crippen LogP contribution in [-0.4, -0.2) is 18.3 Å². The summed E-state index contributed by atoms with van der Waals surface area (Å²) < 4.78 is 37.2. The number of aromatic nitrogens is 1. The Morgan fingerprint density at radius 1 is 0.969 bits per heavy atom. The zero-order chi connectivity index (χ0) is 22.5. The normalized spacial score (nSPS) is 11.7. The largest absolute Gasteiger partial charge is 0.496 e. The summed E-state index contributed by atoms with van der Waals surface area (Å²) in [6.07, 6.45) is 0. The molecule has 0 aliphatic rings. The lowest BCUT2D eigenvalue weighted by atomic mass is 10.1. The lowest BCUT2D eigenvalue weighted by Crippen LogP contribution is -2.17. The van der Waals surface area contributed by atoms with Gasteiger partial charge < -0.3 is 14.0 Å². The van der Waals surface area contributed by atoms with Gasteiger partial charge in [-0.05, 0) is 54.4 Å². The molecule has 0 atom stereocenters. The van der Waals surface area contributed by atoms with Gasteiger partial charge in [0.15, 0.2) is 4.80 Å². The van der Waals surface area contributed by atoms with E-state index in [1.165, 1.54) is 11.3 Å². The van der Waals surface area contributed by atoms with E-state index in [9.17, 15) is 8.78 Å². The van der Waals surface area contributed by atoms with Crippen molar-refractivity contribution in [1.82, 2.24) is 4.57 Å². The Morgan fingerprint density at radius 2 is 1.69 bits per heavy atom. The van der Waals surface area contributed by atoms with Crippen molar-refractivity contribution in [3.8, 4) is 22.8 Å². The Morgan fingerprint density at radius 3 is 2.41 bits per heavy atom. The summed E-state index contributed by atoms with van der Waals surface area (Å²) >= 11 is 1.53. The molecule has 0 N–H and O–H groups in total. The van der Waals surface area contributed by atoms with Crippen LogP contribution in [0, 0.1) is 6.92 Å². The fraction of sp³-hybridized carbons (Fsp3) is 0.160. The van der Waals surface area contributed by atoms with Crippen molar-refractivity contribution < 1.29 is 18.3 Å². The molecule has 3 aromatic carbocycles. The molecular formula is C25H22F2N2O2S. The third-order valence-corrected chi connectivity index (χ3v) is 5.89. The molecule has 4 aromatic rings. The van der Waals surface area contributed by atoms with E-state index in [1.807, 2.05) is 60.8 Å². The van der Waals surface area contributed by atoms with Crippen LogP contribution in [0.4, 0.5) is 14.5 Å². The Balaban J connectivity index is 1.82. The number of alkyl halides is 2. The van der Waals surface area contributed by atoms with Crippen LogP contribution in [0.5, 0.6) is 11.5 Å². The van der Waals surface area contributed by atoms with Gasteiger partial charge in [0.25, 0.3) is 0 Å². The first-order valence-corrected chi connectivity index (χ1v) is 10.9. The molecule has 0 fully saturated rings. The molecule has 0 bridgehead atoms. The number of hydrogen-bond donors (Lipinski definition) is 0. The van der Waals surface area contributed by atoms with Crippen molar-refractivity contribution in [1.29, 1.82) is 0 Å². The summed E-state index contributed by atoms with van der Waals surface area (Å²) in [6.45, 7) is -0.278. The zero-order valence-electron chi connectivity index (χ0n) is 17.7. The first-order chi connectivity index (χ1) is 15.5. The number of ether oxygens (including phenoxy) is 2. The molecule has 0 aliphatic carbocycles. The highest BCUT2D eigenvalue weighted by Gasteiger charge is 2.13. The predicted octanol–water partition coefficient (Wildman–Crippen LogP) is 6.42. The predicted molar refractivity (Wildman–Crippen MR) is 123 cm³/mol. The number of rotatable bonds is 7. The molecule has 7 heteroatoms. The van der Waals surface area contributed by atoms with Crippen LogP contribution in [0.1, 0.15) is 11.1 Å². The highest BCUT2D eigenvalue weighted by molar-refractivity contribution is 7.07. The molecule has 164 valence electrons. The van der Waals surface area contributed by atoms with Gasteiger partial charge in [0.2, 0.25) is 0 Å². The maximum atomic E-state index is 12.5. The maximum Gasteiger partial charge on any atom is 0.387 e. The van der Waals surface area contributed by atoms with E-state index in [0.717, 1.165) is 38.6 Å². The third-order valence-electron chi connectivity index (χ3n) is 5.03. The second kappa shape index (κ2) is 9.78. The van der Waals surface area contributed by atoms with E-state index in [-0.39, 0.29) is 5.75 Å². The first kappa shape index (κ1) is 21.8. The van der Waals surface area contributed by atoms with Gasteiger partial charge >= 0.3 is 6.61 Å². The fourth-order valence-electron chi connectivity index (χ4n) is 3.41. The molecule has 0 saturated heterocycles. The lowest BCUT2D eigenvalue weighted by Gasteiger charge is -2.13. The van der Waals surface area contributed by atoms with Crippen LogP contribution in [0.3, 0.4) is 0 Å². The highest BCUT2D eigenvalue weighted by atomic mass is 32.1. The average Bonchev–Trinajstić information content (AvgIpc) is 3.18. The van der Waals surface area contributed by atoms with Crippen LogP contribution in [0.25, 0.3) is 11.3 Å². The summed E-state index contributed by atoms with van der Waals surface area (Å²) in [5.74, 6) is 0.916. The van der Waals surface area contributed by atoms with Gasteiger partial charge in [0, 0.05) is 10.9 Å². The number of halogens is 2. The number of aryl methyl sites for hydroxylation is 1. The standard InChI is InChI=1S/C25H22F2N2O2S/c1-17-7-3-5-9-21(17)28-25-29(15-19-8-4-6-10-23(19)30-2)22(16-32-25)18-11-13-20(14-12-18)31-24(26)27/h3-14,16,24H,15H2,1-2H3. The average molecular weight is 453 g/mol. The van der Waals surface area contributed by atoms with Gasteiger partial charge in [0.1, 0.15) is 11.5 Å². The molecule has 1 aromatic heterocycles. The maximum absolute atomic E-state index is 12.5. The second-order valence-corrected chi connectivity index (χ2v) is 7.94. The molecule has 1 heterocycles. The Labute approximate surface area is 189 Å². The van der Waals surface area contributed by atoms with E-state index >= 15 is 0 Å². The molecule has 0 radical (unpaired) electrons. The number of thiazole rings is 1. The Bertz CT molecular complexity index is 1260. The van der Waals surface area contributed by atoms with E-state index in [2.05, 4.69) is 9.30 Å².